The Morgan fingerprint density at radius 2 is 1.83 bits per heavy atom. The Balaban J connectivity index is 2.52. The highest BCUT2D eigenvalue weighted by Gasteiger charge is 2.30. The number of rotatable bonds is 6. The summed E-state index contributed by atoms with van der Waals surface area (Å²) in [6, 6.07) is 2.70. The van der Waals surface area contributed by atoms with Crippen LogP contribution in [0.25, 0.3) is 0 Å². The van der Waals surface area contributed by atoms with Gasteiger partial charge in [-0.05, 0) is 6.07 Å². The van der Waals surface area contributed by atoms with Crippen LogP contribution in [0, 0.1) is 0 Å². The summed E-state index contributed by atoms with van der Waals surface area (Å²) < 4.78 is 42.4. The lowest BCUT2D eigenvalue weighted by molar-refractivity contribution is -0.136. The van der Waals surface area contributed by atoms with E-state index >= 15 is 0 Å². The summed E-state index contributed by atoms with van der Waals surface area (Å²) in [5.41, 5.74) is 0.271. The molecule has 0 saturated carbocycles. The Bertz CT molecular complexity index is 681. The number of methoxy groups -OCH3 is 2. The maximum Gasteiger partial charge on any atom is 0.307 e. The third-order valence-electron chi connectivity index (χ3n) is 3.50. The number of carbonyl (C=O) groups is 1. The minimum atomic E-state index is -3.81. The first-order valence-electron chi connectivity index (χ1n) is 6.94. The monoisotopic (exact) mass is 345 g/mol. The minimum Gasteiger partial charge on any atom is -0.496 e. The first-order valence-corrected chi connectivity index (χ1v) is 8.38. The maximum atomic E-state index is 12.8. The molecule has 1 aromatic carbocycles. The van der Waals surface area contributed by atoms with Crippen LogP contribution >= 0.6 is 0 Å². The number of sulfonamides is 1. The summed E-state index contributed by atoms with van der Waals surface area (Å²) >= 11 is 0. The van der Waals surface area contributed by atoms with Crippen LogP contribution < -0.4 is 9.47 Å². The third kappa shape index (κ3) is 3.74. The van der Waals surface area contributed by atoms with E-state index in [-0.39, 0.29) is 41.5 Å². The van der Waals surface area contributed by atoms with Crippen molar-refractivity contribution in [3.63, 3.8) is 0 Å². The van der Waals surface area contributed by atoms with Crippen molar-refractivity contribution in [1.29, 1.82) is 0 Å². The second-order valence-corrected chi connectivity index (χ2v) is 6.81. The van der Waals surface area contributed by atoms with Gasteiger partial charge in [-0.1, -0.05) is 0 Å². The molecule has 1 N–H and O–H groups in total. The molecule has 23 heavy (non-hydrogen) atoms. The first-order chi connectivity index (χ1) is 10.9. The molecule has 0 radical (unpaired) electrons. The van der Waals surface area contributed by atoms with Gasteiger partial charge in [-0.15, -0.1) is 0 Å². The van der Waals surface area contributed by atoms with Gasteiger partial charge in [-0.3, -0.25) is 4.79 Å². The van der Waals surface area contributed by atoms with Gasteiger partial charge >= 0.3 is 5.97 Å². The van der Waals surface area contributed by atoms with Crippen molar-refractivity contribution in [1.82, 2.24) is 4.31 Å². The maximum absolute atomic E-state index is 12.8. The van der Waals surface area contributed by atoms with Crippen LogP contribution in [0.15, 0.2) is 17.0 Å². The first kappa shape index (κ1) is 17.5. The predicted molar refractivity (Wildman–Crippen MR) is 80.5 cm³/mol. The molecule has 0 unspecified atom stereocenters. The van der Waals surface area contributed by atoms with Crippen LogP contribution in [0.5, 0.6) is 11.5 Å². The fraction of sp³-hybridized carbons (Fsp3) is 0.500. The number of ether oxygens (including phenoxy) is 3. The predicted octanol–water partition coefficient (Wildman–Crippen LogP) is 0.352. The molecule has 8 nitrogen and oxygen atoms in total. The lowest BCUT2D eigenvalue weighted by Crippen LogP contribution is -2.40. The van der Waals surface area contributed by atoms with Gasteiger partial charge in [0, 0.05) is 24.7 Å². The zero-order valence-electron chi connectivity index (χ0n) is 12.9. The lowest BCUT2D eigenvalue weighted by atomic mass is 10.1. The number of carboxylic acid groups (broad SMARTS) is 1. The molecular weight excluding hydrogens is 326 g/mol. The van der Waals surface area contributed by atoms with E-state index in [0.717, 1.165) is 0 Å². The molecule has 1 aromatic rings. The van der Waals surface area contributed by atoms with Gasteiger partial charge in [0.1, 0.15) is 16.4 Å². The van der Waals surface area contributed by atoms with E-state index in [1.54, 1.807) is 0 Å². The van der Waals surface area contributed by atoms with Crippen LogP contribution in [0.1, 0.15) is 5.56 Å². The largest absolute Gasteiger partial charge is 0.496 e. The van der Waals surface area contributed by atoms with Crippen LogP contribution in [0.2, 0.25) is 0 Å². The fourth-order valence-corrected chi connectivity index (χ4v) is 3.96. The van der Waals surface area contributed by atoms with Gasteiger partial charge < -0.3 is 19.3 Å². The average Bonchev–Trinajstić information content (AvgIpc) is 2.54. The second kappa shape index (κ2) is 7.16. The van der Waals surface area contributed by atoms with Gasteiger partial charge in [-0.2, -0.15) is 4.31 Å². The van der Waals surface area contributed by atoms with Gasteiger partial charge in [0.05, 0.1) is 33.9 Å². The molecule has 0 spiro atoms. The second-order valence-electron chi connectivity index (χ2n) is 4.90. The van der Waals surface area contributed by atoms with Crippen molar-refractivity contribution in [3.05, 3.63) is 17.7 Å². The number of hydrogen-bond acceptors (Lipinski definition) is 6. The van der Waals surface area contributed by atoms with Crippen molar-refractivity contribution in [3.8, 4) is 11.5 Å². The van der Waals surface area contributed by atoms with E-state index in [0.29, 0.717) is 13.2 Å². The highest BCUT2D eigenvalue weighted by atomic mass is 32.2. The number of carboxylic acids is 1. The lowest BCUT2D eigenvalue weighted by Gasteiger charge is -2.27. The molecule has 0 amide bonds. The summed E-state index contributed by atoms with van der Waals surface area (Å²) in [7, 11) is -1.07. The van der Waals surface area contributed by atoms with Gasteiger partial charge in [-0.25, -0.2) is 8.42 Å². The zero-order valence-corrected chi connectivity index (χ0v) is 13.8. The topological polar surface area (TPSA) is 102 Å². The Hall–Kier alpha value is -1.84. The van der Waals surface area contributed by atoms with Crippen molar-refractivity contribution in [2.75, 3.05) is 40.5 Å². The normalized spacial score (nSPS) is 16.1. The Labute approximate surface area is 134 Å². The number of morpholine rings is 1. The number of hydrogen-bond donors (Lipinski definition) is 1. The fourth-order valence-electron chi connectivity index (χ4n) is 2.36. The quantitative estimate of drug-likeness (QED) is 0.793. The van der Waals surface area contributed by atoms with Gasteiger partial charge in [0.15, 0.2) is 0 Å². The Morgan fingerprint density at radius 1 is 1.22 bits per heavy atom. The van der Waals surface area contributed by atoms with E-state index in [1.807, 2.05) is 0 Å². The number of nitrogens with zero attached hydrogens (tertiary/aromatic N) is 1. The molecule has 1 heterocycles. The molecule has 9 heteroatoms. The average molecular weight is 345 g/mol. The van der Waals surface area contributed by atoms with Crippen molar-refractivity contribution < 1.29 is 32.5 Å². The molecule has 0 aliphatic carbocycles. The number of aliphatic carboxylic acids is 1. The standard InChI is InChI=1S/C14H19NO7S/c1-20-11-9-12(21-2)13(7-10(11)8-14(16)17)23(18,19)15-3-5-22-6-4-15/h7,9H,3-6,8H2,1-2H3,(H,16,17). The van der Waals surface area contributed by atoms with Crippen molar-refractivity contribution >= 4 is 16.0 Å². The van der Waals surface area contributed by atoms with E-state index < -0.39 is 16.0 Å². The van der Waals surface area contributed by atoms with Gasteiger partial charge in [0.2, 0.25) is 10.0 Å². The highest BCUT2D eigenvalue weighted by molar-refractivity contribution is 7.89. The van der Waals surface area contributed by atoms with Crippen LogP contribution in [-0.4, -0.2) is 64.3 Å². The summed E-state index contributed by atoms with van der Waals surface area (Å²) in [4.78, 5) is 10.9. The minimum absolute atomic E-state index is 0.0704. The molecule has 0 atom stereocenters. The summed E-state index contributed by atoms with van der Waals surface area (Å²) in [6.45, 7) is 1.12. The summed E-state index contributed by atoms with van der Waals surface area (Å²) in [6.07, 6.45) is -0.348. The molecule has 2 rings (SSSR count). The molecule has 0 bridgehead atoms. The van der Waals surface area contributed by atoms with E-state index in [4.69, 9.17) is 19.3 Å². The zero-order chi connectivity index (χ0) is 17.0. The van der Waals surface area contributed by atoms with E-state index in [9.17, 15) is 13.2 Å². The SMILES string of the molecule is COc1cc(OC)c(S(=O)(=O)N2CCOCC2)cc1CC(=O)O. The van der Waals surface area contributed by atoms with Crippen LogP contribution in [0.4, 0.5) is 0 Å². The Kier molecular flexibility index (Phi) is 5.45. The van der Waals surface area contributed by atoms with Crippen LogP contribution in [0.3, 0.4) is 0 Å². The molecule has 128 valence electrons. The molecular formula is C14H19NO7S. The van der Waals surface area contributed by atoms with E-state index in [2.05, 4.69) is 0 Å². The molecule has 1 aliphatic rings. The van der Waals surface area contributed by atoms with Crippen molar-refractivity contribution in [2.45, 2.75) is 11.3 Å². The molecule has 1 saturated heterocycles. The van der Waals surface area contributed by atoms with Crippen LogP contribution in [-0.2, 0) is 26.0 Å². The number of benzene rings is 1. The Morgan fingerprint density at radius 3 is 2.35 bits per heavy atom. The third-order valence-corrected chi connectivity index (χ3v) is 5.42. The summed E-state index contributed by atoms with van der Waals surface area (Å²) in [5, 5.41) is 8.99. The molecule has 0 aromatic heterocycles. The molecule has 1 aliphatic heterocycles. The molecule has 1 fully saturated rings. The van der Waals surface area contributed by atoms with E-state index in [1.165, 1.54) is 30.7 Å². The van der Waals surface area contributed by atoms with Crippen molar-refractivity contribution in [2.24, 2.45) is 0 Å². The summed E-state index contributed by atoms with van der Waals surface area (Å²) in [5.74, 6) is -0.698. The highest BCUT2D eigenvalue weighted by Crippen LogP contribution is 2.34. The van der Waals surface area contributed by atoms with Gasteiger partial charge in [0.25, 0.3) is 0 Å². The smallest absolute Gasteiger partial charge is 0.307 e.